The van der Waals surface area contributed by atoms with Crippen LogP contribution in [0.25, 0.3) is 0 Å². The fraction of sp³-hybridized carbons (Fsp3) is 0.619. The molecule has 2 amide bonds. The van der Waals surface area contributed by atoms with Gasteiger partial charge in [-0.3, -0.25) is 9.59 Å². The Kier molecular flexibility index (Phi) is 5.47. The molecule has 3 N–H and O–H groups in total. The minimum Gasteiger partial charge on any atom is -0.506 e. The molecule has 3 heterocycles. The van der Waals surface area contributed by atoms with Gasteiger partial charge < -0.3 is 39.4 Å². The Morgan fingerprint density at radius 3 is 2.29 bits per heavy atom. The summed E-state index contributed by atoms with van der Waals surface area (Å²) in [4.78, 5) is 25.5. The van der Waals surface area contributed by atoms with Gasteiger partial charge in [0.15, 0.2) is 24.0 Å². The van der Waals surface area contributed by atoms with Gasteiger partial charge in [0, 0.05) is 0 Å². The fourth-order valence-electron chi connectivity index (χ4n) is 4.00. The van der Waals surface area contributed by atoms with Crippen LogP contribution < -0.4 is 10.6 Å². The molecule has 1 aromatic carbocycles. The number of amides is 2. The van der Waals surface area contributed by atoms with Gasteiger partial charge in [-0.05, 0) is 46.8 Å². The predicted molar refractivity (Wildman–Crippen MR) is 107 cm³/mol. The van der Waals surface area contributed by atoms with E-state index in [-0.39, 0.29) is 11.4 Å². The van der Waals surface area contributed by atoms with Crippen LogP contribution in [-0.2, 0) is 33.3 Å². The normalized spacial score (nSPS) is 33.8. The van der Waals surface area contributed by atoms with Crippen LogP contribution >= 0.6 is 0 Å². The number of fused-ring (bicyclic) bond motifs is 3. The molecule has 0 aliphatic carbocycles. The Bertz CT molecular complexity index is 873. The second kappa shape index (κ2) is 7.72. The maximum absolute atomic E-state index is 13.0. The quantitative estimate of drug-likeness (QED) is 0.602. The molecule has 0 unspecified atom stereocenters. The number of hydrogen-bond acceptors (Lipinski definition) is 8. The SMILES string of the molecule is C[C@H](NC(=O)[C@H]1O[C@@H]2OC(C)(C)O[C@@H]2[C@H]2OC(C)(C)O[C@H]21)C(=O)Nc1ccccc1O. The molecule has 4 rings (SSSR count). The molecule has 0 radical (unpaired) electrons. The van der Waals surface area contributed by atoms with Crippen molar-refractivity contribution in [2.75, 3.05) is 5.32 Å². The van der Waals surface area contributed by atoms with E-state index in [0.29, 0.717) is 0 Å². The van der Waals surface area contributed by atoms with Crippen LogP contribution in [0.15, 0.2) is 24.3 Å². The predicted octanol–water partition coefficient (Wildman–Crippen LogP) is 1.23. The van der Waals surface area contributed by atoms with Crippen LogP contribution in [0, 0.1) is 0 Å². The molecule has 0 saturated carbocycles. The van der Waals surface area contributed by atoms with Crippen LogP contribution in [0.2, 0.25) is 0 Å². The third kappa shape index (κ3) is 4.39. The van der Waals surface area contributed by atoms with E-state index in [1.807, 2.05) is 0 Å². The molecule has 3 aliphatic rings. The van der Waals surface area contributed by atoms with Gasteiger partial charge in [0.25, 0.3) is 5.91 Å². The molecule has 31 heavy (non-hydrogen) atoms. The molecule has 3 aliphatic heterocycles. The van der Waals surface area contributed by atoms with E-state index >= 15 is 0 Å². The molecular formula is C21H28N2O8. The number of ether oxygens (including phenoxy) is 5. The number of phenolic OH excluding ortho intramolecular Hbond substituents is 1. The Morgan fingerprint density at radius 1 is 0.968 bits per heavy atom. The zero-order valence-corrected chi connectivity index (χ0v) is 18.1. The van der Waals surface area contributed by atoms with Crippen molar-refractivity contribution in [3.8, 4) is 5.75 Å². The van der Waals surface area contributed by atoms with Crippen LogP contribution in [0.1, 0.15) is 34.6 Å². The molecule has 170 valence electrons. The minimum absolute atomic E-state index is 0.0707. The number of anilines is 1. The van der Waals surface area contributed by atoms with E-state index in [2.05, 4.69) is 10.6 Å². The molecule has 0 spiro atoms. The number of nitrogens with one attached hydrogen (secondary N) is 2. The van der Waals surface area contributed by atoms with Gasteiger partial charge in [0.1, 0.15) is 30.1 Å². The first-order chi connectivity index (χ1) is 14.5. The number of para-hydroxylation sites is 2. The highest BCUT2D eigenvalue weighted by atomic mass is 16.9. The van der Waals surface area contributed by atoms with Crippen molar-refractivity contribution < 1.29 is 38.4 Å². The van der Waals surface area contributed by atoms with E-state index in [0.717, 1.165) is 0 Å². The number of hydrogen-bond donors (Lipinski definition) is 3. The average Bonchev–Trinajstić information content (AvgIpc) is 3.16. The zero-order chi connectivity index (χ0) is 22.6. The third-order valence-corrected chi connectivity index (χ3v) is 5.33. The lowest BCUT2D eigenvalue weighted by Crippen LogP contribution is -2.60. The smallest absolute Gasteiger partial charge is 0.252 e. The molecule has 10 nitrogen and oxygen atoms in total. The summed E-state index contributed by atoms with van der Waals surface area (Å²) in [5, 5.41) is 15.1. The van der Waals surface area contributed by atoms with Gasteiger partial charge in [0.05, 0.1) is 5.69 Å². The monoisotopic (exact) mass is 436 g/mol. The second-order valence-electron chi connectivity index (χ2n) is 8.83. The molecule has 0 bridgehead atoms. The van der Waals surface area contributed by atoms with Crippen molar-refractivity contribution in [1.29, 1.82) is 0 Å². The summed E-state index contributed by atoms with van der Waals surface area (Å²) in [7, 11) is 0. The molecule has 3 saturated heterocycles. The summed E-state index contributed by atoms with van der Waals surface area (Å²) < 4.78 is 29.5. The molecular weight excluding hydrogens is 408 g/mol. The maximum Gasteiger partial charge on any atom is 0.252 e. The van der Waals surface area contributed by atoms with Crippen LogP contribution in [0.5, 0.6) is 5.75 Å². The first-order valence-electron chi connectivity index (χ1n) is 10.2. The summed E-state index contributed by atoms with van der Waals surface area (Å²) >= 11 is 0. The Balaban J connectivity index is 1.46. The van der Waals surface area contributed by atoms with Crippen molar-refractivity contribution in [3.63, 3.8) is 0 Å². The number of carbonyl (C=O) groups is 2. The van der Waals surface area contributed by atoms with Crippen LogP contribution in [0.4, 0.5) is 5.69 Å². The molecule has 6 atom stereocenters. The molecule has 10 heteroatoms. The third-order valence-electron chi connectivity index (χ3n) is 5.33. The minimum atomic E-state index is -1.06. The van der Waals surface area contributed by atoms with Crippen LogP contribution in [-0.4, -0.2) is 65.2 Å². The molecule has 1 aromatic rings. The summed E-state index contributed by atoms with van der Waals surface area (Å²) in [5.41, 5.74) is 0.249. The zero-order valence-electron chi connectivity index (χ0n) is 18.1. The van der Waals surface area contributed by atoms with Gasteiger partial charge in [-0.2, -0.15) is 0 Å². The largest absolute Gasteiger partial charge is 0.506 e. The highest BCUT2D eigenvalue weighted by Gasteiger charge is 2.62. The van der Waals surface area contributed by atoms with Crippen LogP contribution in [0.3, 0.4) is 0 Å². The first kappa shape index (κ1) is 22.0. The Morgan fingerprint density at radius 2 is 1.58 bits per heavy atom. The maximum atomic E-state index is 13.0. The number of carbonyl (C=O) groups excluding carboxylic acids is 2. The molecule has 0 aromatic heterocycles. The van der Waals surface area contributed by atoms with Gasteiger partial charge in [0.2, 0.25) is 5.91 Å². The van der Waals surface area contributed by atoms with Crippen molar-refractivity contribution in [1.82, 2.24) is 5.32 Å². The average molecular weight is 436 g/mol. The summed E-state index contributed by atoms with van der Waals surface area (Å²) in [6.07, 6.45) is -3.73. The number of benzene rings is 1. The van der Waals surface area contributed by atoms with E-state index in [1.54, 1.807) is 45.9 Å². The van der Waals surface area contributed by atoms with Crippen molar-refractivity contribution >= 4 is 17.5 Å². The topological polar surface area (TPSA) is 125 Å². The van der Waals surface area contributed by atoms with Gasteiger partial charge in [-0.1, -0.05) is 12.1 Å². The van der Waals surface area contributed by atoms with Gasteiger partial charge in [-0.15, -0.1) is 0 Å². The fourth-order valence-corrected chi connectivity index (χ4v) is 4.00. The number of rotatable bonds is 4. The Labute approximate surface area is 180 Å². The summed E-state index contributed by atoms with van der Waals surface area (Å²) in [6, 6.07) is 5.42. The molecule has 3 fully saturated rings. The van der Waals surface area contributed by atoms with Crippen molar-refractivity contribution in [2.24, 2.45) is 0 Å². The van der Waals surface area contributed by atoms with E-state index in [9.17, 15) is 14.7 Å². The standard InChI is InChI=1S/C21H28N2O8/c1-10(17(25)23-11-8-6-7-9-12(11)24)22-18(26)15-13-14(29-20(2,3)28-13)16-19(27-15)31-21(4,5)30-16/h6-10,13-16,19,24H,1-5H3,(H,22,26)(H,23,25)/t10-,13+,14-,15-,16+,19+/m0/s1. The van der Waals surface area contributed by atoms with Crippen molar-refractivity contribution in [3.05, 3.63) is 24.3 Å². The number of aromatic hydroxyl groups is 1. The van der Waals surface area contributed by atoms with E-state index in [1.165, 1.54) is 13.0 Å². The van der Waals surface area contributed by atoms with Crippen molar-refractivity contribution in [2.45, 2.75) is 82.9 Å². The highest BCUT2D eigenvalue weighted by molar-refractivity contribution is 5.98. The lowest BCUT2D eigenvalue weighted by Gasteiger charge is -2.36. The Hall–Kier alpha value is -2.24. The lowest BCUT2D eigenvalue weighted by molar-refractivity contribution is -0.231. The van der Waals surface area contributed by atoms with E-state index in [4.69, 9.17) is 23.7 Å². The first-order valence-corrected chi connectivity index (χ1v) is 10.2. The second-order valence-corrected chi connectivity index (χ2v) is 8.83. The highest BCUT2D eigenvalue weighted by Crippen LogP contribution is 2.44. The van der Waals surface area contributed by atoms with Gasteiger partial charge >= 0.3 is 0 Å². The summed E-state index contributed by atoms with van der Waals surface area (Å²) in [6.45, 7) is 8.54. The summed E-state index contributed by atoms with van der Waals surface area (Å²) in [5.74, 6) is -2.94. The van der Waals surface area contributed by atoms with Gasteiger partial charge in [-0.25, -0.2) is 0 Å². The van der Waals surface area contributed by atoms with E-state index < -0.39 is 60.1 Å². The lowest BCUT2D eigenvalue weighted by atomic mass is 9.98. The number of phenols is 1.